The number of nitrogens with one attached hydrogen (secondary N) is 1. The van der Waals surface area contributed by atoms with Gasteiger partial charge in [-0.1, -0.05) is 79.3 Å². The van der Waals surface area contributed by atoms with Crippen LogP contribution in [0.2, 0.25) is 0 Å². The van der Waals surface area contributed by atoms with Crippen LogP contribution in [0.4, 0.5) is 0 Å². The lowest BCUT2D eigenvalue weighted by atomic mass is 10.1. The Morgan fingerprint density at radius 2 is 1.58 bits per heavy atom. The van der Waals surface area contributed by atoms with E-state index in [-0.39, 0.29) is 24.2 Å². The molecule has 1 heterocycles. The Balaban J connectivity index is 1.68. The fraction of sp³-hybridized carbons (Fsp3) is 0.448. The van der Waals surface area contributed by atoms with Crippen LogP contribution in [0, 0.1) is 5.92 Å². The maximum Gasteiger partial charge on any atom is 0.331 e. The molecular weight excluding hydrogens is 504 g/mol. The van der Waals surface area contributed by atoms with Crippen LogP contribution in [0.1, 0.15) is 44.7 Å². The summed E-state index contributed by atoms with van der Waals surface area (Å²) in [5, 5.41) is 2.76. The number of esters is 1. The molecule has 0 spiro atoms. The van der Waals surface area contributed by atoms with Gasteiger partial charge in [0.15, 0.2) is 11.2 Å². The first kappa shape index (κ1) is 29.4. The second-order valence-electron chi connectivity index (χ2n) is 9.47. The van der Waals surface area contributed by atoms with Crippen LogP contribution in [-0.2, 0) is 41.9 Å². The summed E-state index contributed by atoms with van der Waals surface area (Å²) in [6.45, 7) is 5.73. The van der Waals surface area contributed by atoms with E-state index < -0.39 is 36.0 Å². The fourth-order valence-corrected chi connectivity index (χ4v) is 4.86. The molecular formula is C29H36N2O6S. The Morgan fingerprint density at radius 3 is 2.18 bits per heavy atom. The van der Waals surface area contributed by atoms with Gasteiger partial charge in [-0.25, -0.2) is 4.79 Å². The van der Waals surface area contributed by atoms with Crippen molar-refractivity contribution in [2.24, 2.45) is 5.92 Å². The van der Waals surface area contributed by atoms with E-state index >= 15 is 0 Å². The van der Waals surface area contributed by atoms with Crippen LogP contribution in [0.25, 0.3) is 0 Å². The molecule has 204 valence electrons. The first-order chi connectivity index (χ1) is 18.3. The fourth-order valence-electron chi connectivity index (χ4n) is 4.23. The molecule has 1 unspecified atom stereocenters. The van der Waals surface area contributed by atoms with Gasteiger partial charge in [0.25, 0.3) is 0 Å². The highest BCUT2D eigenvalue weighted by atomic mass is 32.2. The molecule has 4 atom stereocenters. The van der Waals surface area contributed by atoms with E-state index in [9.17, 15) is 19.2 Å². The van der Waals surface area contributed by atoms with Crippen molar-refractivity contribution in [1.29, 1.82) is 0 Å². The molecule has 0 bridgehead atoms. The average molecular weight is 541 g/mol. The van der Waals surface area contributed by atoms with Crippen LogP contribution in [0.5, 0.6) is 0 Å². The van der Waals surface area contributed by atoms with Gasteiger partial charge >= 0.3 is 5.97 Å². The normalized spacial score (nSPS) is 17.3. The van der Waals surface area contributed by atoms with Crippen molar-refractivity contribution >= 4 is 34.7 Å². The quantitative estimate of drug-likeness (QED) is 0.410. The lowest BCUT2D eigenvalue weighted by Crippen LogP contribution is -2.55. The summed E-state index contributed by atoms with van der Waals surface area (Å²) in [4.78, 5) is 52.5. The zero-order chi connectivity index (χ0) is 27.5. The van der Waals surface area contributed by atoms with Crippen molar-refractivity contribution in [1.82, 2.24) is 10.2 Å². The van der Waals surface area contributed by atoms with E-state index in [2.05, 4.69) is 5.32 Å². The lowest BCUT2D eigenvalue weighted by molar-refractivity contribution is -0.154. The summed E-state index contributed by atoms with van der Waals surface area (Å²) in [6, 6.07) is 17.1. The minimum Gasteiger partial charge on any atom is -0.459 e. The van der Waals surface area contributed by atoms with E-state index in [1.165, 1.54) is 6.92 Å². The smallest absolute Gasteiger partial charge is 0.331 e. The summed E-state index contributed by atoms with van der Waals surface area (Å²) in [7, 11) is 0. The Hall–Kier alpha value is -3.17. The number of rotatable bonds is 12. The third-order valence-corrected chi connectivity index (χ3v) is 7.47. The highest BCUT2D eigenvalue weighted by molar-refractivity contribution is 8.13. The maximum absolute atomic E-state index is 13.4. The molecule has 1 aliphatic rings. The number of benzene rings is 2. The molecule has 9 heteroatoms. The molecule has 3 rings (SSSR count). The third kappa shape index (κ3) is 8.70. The molecule has 2 amide bonds. The van der Waals surface area contributed by atoms with Crippen LogP contribution in [-0.4, -0.2) is 58.3 Å². The SMILES string of the molecule is CC(=O)SCC(C)C(=O)N1CCC[C@H]1C(=O)N[C@H](C(=O)OCc1ccccc1)[C@@H](C)OCc1ccccc1. The Morgan fingerprint density at radius 1 is 0.974 bits per heavy atom. The van der Waals surface area contributed by atoms with Crippen LogP contribution in [0.3, 0.4) is 0 Å². The number of hydrogen-bond acceptors (Lipinski definition) is 7. The van der Waals surface area contributed by atoms with Crippen molar-refractivity contribution < 1.29 is 28.7 Å². The minimum absolute atomic E-state index is 0.0540. The number of thioether (sulfide) groups is 1. The molecule has 0 aromatic heterocycles. The van der Waals surface area contributed by atoms with Gasteiger partial charge in [-0.3, -0.25) is 14.4 Å². The third-order valence-electron chi connectivity index (χ3n) is 6.40. The number of nitrogens with zero attached hydrogens (tertiary/aromatic N) is 1. The van der Waals surface area contributed by atoms with Gasteiger partial charge < -0.3 is 19.7 Å². The van der Waals surface area contributed by atoms with Gasteiger partial charge in [0.1, 0.15) is 12.6 Å². The zero-order valence-electron chi connectivity index (χ0n) is 22.1. The van der Waals surface area contributed by atoms with Crippen molar-refractivity contribution in [2.45, 2.75) is 65.0 Å². The standard InChI is InChI=1S/C29H36N2O6S/c1-20(19-38-22(3)32)28(34)31-16-10-15-25(31)27(33)30-26(21(2)36-17-23-11-6-4-7-12-23)29(35)37-18-24-13-8-5-9-14-24/h4-9,11-14,20-21,25-26H,10,15-19H2,1-3H3,(H,30,33)/t20?,21-,25+,26+/m1/s1. The van der Waals surface area contributed by atoms with Crippen molar-refractivity contribution in [2.75, 3.05) is 12.3 Å². The monoisotopic (exact) mass is 540 g/mol. The van der Waals surface area contributed by atoms with Crippen molar-refractivity contribution in [3.63, 3.8) is 0 Å². The van der Waals surface area contributed by atoms with Crippen molar-refractivity contribution in [3.8, 4) is 0 Å². The molecule has 0 saturated carbocycles. The largest absolute Gasteiger partial charge is 0.459 e. The number of hydrogen-bond donors (Lipinski definition) is 1. The lowest BCUT2D eigenvalue weighted by Gasteiger charge is -2.29. The summed E-state index contributed by atoms with van der Waals surface area (Å²) < 4.78 is 11.5. The first-order valence-electron chi connectivity index (χ1n) is 12.9. The molecule has 0 radical (unpaired) electrons. The number of carbonyl (C=O) groups excluding carboxylic acids is 4. The van der Waals surface area contributed by atoms with E-state index in [1.54, 1.807) is 18.7 Å². The summed E-state index contributed by atoms with van der Waals surface area (Å²) in [6.07, 6.45) is 0.494. The molecule has 2 aromatic rings. The van der Waals surface area contributed by atoms with E-state index in [0.29, 0.717) is 25.1 Å². The van der Waals surface area contributed by atoms with Gasteiger partial charge in [0, 0.05) is 25.1 Å². The number of ether oxygens (including phenoxy) is 2. The van der Waals surface area contributed by atoms with Gasteiger partial charge in [0.05, 0.1) is 12.7 Å². The number of amides is 2. The van der Waals surface area contributed by atoms with E-state index in [0.717, 1.165) is 22.9 Å². The molecule has 1 saturated heterocycles. The molecule has 1 fully saturated rings. The van der Waals surface area contributed by atoms with Crippen LogP contribution >= 0.6 is 11.8 Å². The topological polar surface area (TPSA) is 102 Å². The summed E-state index contributed by atoms with van der Waals surface area (Å²) in [5.41, 5.74) is 1.76. The van der Waals surface area contributed by atoms with Gasteiger partial charge in [-0.05, 0) is 30.9 Å². The predicted octanol–water partition coefficient (Wildman–Crippen LogP) is 3.73. The molecule has 2 aromatic carbocycles. The number of likely N-dealkylation sites (tertiary alicyclic amines) is 1. The van der Waals surface area contributed by atoms with Gasteiger partial charge in [0.2, 0.25) is 11.8 Å². The Kier molecular flexibility index (Phi) is 11.4. The van der Waals surface area contributed by atoms with E-state index in [4.69, 9.17) is 9.47 Å². The summed E-state index contributed by atoms with van der Waals surface area (Å²) >= 11 is 1.10. The maximum atomic E-state index is 13.4. The second kappa shape index (κ2) is 14.7. The first-order valence-corrected chi connectivity index (χ1v) is 13.8. The Bertz CT molecular complexity index is 1080. The number of carbonyl (C=O) groups is 4. The van der Waals surface area contributed by atoms with E-state index in [1.807, 2.05) is 60.7 Å². The van der Waals surface area contributed by atoms with Crippen LogP contribution in [0.15, 0.2) is 60.7 Å². The zero-order valence-corrected chi connectivity index (χ0v) is 22.9. The average Bonchev–Trinajstić information content (AvgIpc) is 3.43. The second-order valence-corrected chi connectivity index (χ2v) is 10.7. The molecule has 38 heavy (non-hydrogen) atoms. The molecule has 8 nitrogen and oxygen atoms in total. The van der Waals surface area contributed by atoms with Crippen molar-refractivity contribution in [3.05, 3.63) is 71.8 Å². The van der Waals surface area contributed by atoms with Gasteiger partial charge in [-0.2, -0.15) is 0 Å². The highest BCUT2D eigenvalue weighted by Crippen LogP contribution is 2.22. The van der Waals surface area contributed by atoms with Crippen LogP contribution < -0.4 is 5.32 Å². The molecule has 0 aliphatic carbocycles. The van der Waals surface area contributed by atoms with Gasteiger partial charge in [-0.15, -0.1) is 0 Å². The highest BCUT2D eigenvalue weighted by Gasteiger charge is 2.39. The minimum atomic E-state index is -1.06. The molecule has 1 N–H and O–H groups in total. The molecule has 1 aliphatic heterocycles. The predicted molar refractivity (Wildman–Crippen MR) is 146 cm³/mol. The Labute approximate surface area is 228 Å². The summed E-state index contributed by atoms with van der Waals surface area (Å²) in [5.74, 6) is -1.24.